The summed E-state index contributed by atoms with van der Waals surface area (Å²) in [5.41, 5.74) is 1.24. The van der Waals surface area contributed by atoms with Crippen molar-refractivity contribution in [2.24, 2.45) is 0 Å². The number of ether oxygens (including phenoxy) is 1. The summed E-state index contributed by atoms with van der Waals surface area (Å²) < 4.78 is 47.0. The number of methoxy groups -OCH3 is 1. The van der Waals surface area contributed by atoms with Gasteiger partial charge in [-0.15, -0.1) is 11.8 Å². The predicted octanol–water partition coefficient (Wildman–Crippen LogP) is 4.49. The Morgan fingerprint density at radius 2 is 1.90 bits per heavy atom. The number of thioether (sulfide) groups is 1. The Morgan fingerprint density at radius 3 is 2.52 bits per heavy atom. The maximum absolute atomic E-state index is 13.6. The molecular weight excluding hydrogens is 403 g/mol. The van der Waals surface area contributed by atoms with Gasteiger partial charge in [-0.05, 0) is 48.6 Å². The van der Waals surface area contributed by atoms with Crippen molar-refractivity contribution in [2.75, 3.05) is 18.7 Å². The van der Waals surface area contributed by atoms with Crippen LogP contribution in [-0.4, -0.2) is 22.9 Å². The van der Waals surface area contributed by atoms with Crippen LogP contribution in [0.5, 0.6) is 5.75 Å². The van der Waals surface area contributed by atoms with Gasteiger partial charge in [0.05, 0.1) is 19.9 Å². The molecule has 0 spiro atoms. The second-order valence-corrected chi connectivity index (χ2v) is 7.05. The molecule has 0 saturated heterocycles. The first-order valence-corrected chi connectivity index (χ1v) is 9.76. The number of rotatable bonds is 6. The lowest BCUT2D eigenvalue weighted by Gasteiger charge is -2.17. The summed E-state index contributed by atoms with van der Waals surface area (Å²) in [5, 5.41) is 3.09. The Bertz CT molecular complexity index is 1100. The smallest absolute Gasteiger partial charge is 0.316 e. The normalized spacial score (nSPS) is 10.8. The van der Waals surface area contributed by atoms with Crippen LogP contribution in [0, 0.1) is 24.4 Å². The summed E-state index contributed by atoms with van der Waals surface area (Å²) >= 11 is 1.57. The van der Waals surface area contributed by atoms with Crippen molar-refractivity contribution in [1.29, 1.82) is 0 Å². The standard InChI is InChI=1S/C20H18F3N3O2S/c1-11-15(5-4-6-17(11)29-3)24-20-25-19(27)16(28-2)10-26(20)9-12-7-13(21)18(23)14(22)8-12/h4-8,10H,9H2,1-3H3,(H,24,25,27). The van der Waals surface area contributed by atoms with Gasteiger partial charge < -0.3 is 14.6 Å². The van der Waals surface area contributed by atoms with Crippen LogP contribution in [0.2, 0.25) is 0 Å². The predicted molar refractivity (Wildman–Crippen MR) is 107 cm³/mol. The summed E-state index contributed by atoms with van der Waals surface area (Å²) in [7, 11) is 1.32. The first kappa shape index (κ1) is 20.8. The highest BCUT2D eigenvalue weighted by Gasteiger charge is 2.15. The SMILES string of the molecule is COc1cn(Cc2cc(F)c(F)c(F)c2)c(Nc2cccc(SC)c2C)nc1=O. The Morgan fingerprint density at radius 1 is 1.21 bits per heavy atom. The number of halogens is 3. The van der Waals surface area contributed by atoms with Gasteiger partial charge in [-0.25, -0.2) is 13.2 Å². The van der Waals surface area contributed by atoms with Crippen LogP contribution in [0.4, 0.5) is 24.8 Å². The minimum atomic E-state index is -1.53. The fourth-order valence-electron chi connectivity index (χ4n) is 2.82. The molecule has 0 bridgehead atoms. The van der Waals surface area contributed by atoms with Gasteiger partial charge >= 0.3 is 5.56 Å². The minimum Gasteiger partial charge on any atom is -0.490 e. The Hall–Kier alpha value is -2.94. The van der Waals surface area contributed by atoms with Crippen molar-refractivity contribution in [3.05, 3.63) is 75.5 Å². The molecule has 152 valence electrons. The second kappa shape index (κ2) is 8.60. The van der Waals surface area contributed by atoms with Gasteiger partial charge in [-0.3, -0.25) is 4.79 Å². The van der Waals surface area contributed by atoms with Crippen molar-refractivity contribution in [3.8, 4) is 5.75 Å². The molecule has 0 unspecified atom stereocenters. The van der Waals surface area contributed by atoms with Crippen molar-refractivity contribution >= 4 is 23.4 Å². The van der Waals surface area contributed by atoms with E-state index >= 15 is 0 Å². The van der Waals surface area contributed by atoms with Gasteiger partial charge in [0, 0.05) is 10.6 Å². The van der Waals surface area contributed by atoms with E-state index in [4.69, 9.17) is 4.74 Å². The molecule has 1 aromatic heterocycles. The number of aromatic nitrogens is 2. The molecule has 5 nitrogen and oxygen atoms in total. The van der Waals surface area contributed by atoms with Crippen LogP contribution in [0.3, 0.4) is 0 Å². The summed E-state index contributed by atoms with van der Waals surface area (Å²) in [5.74, 6) is -4.00. The van der Waals surface area contributed by atoms with Crippen LogP contribution in [-0.2, 0) is 6.54 Å². The van der Waals surface area contributed by atoms with Crippen LogP contribution in [0.1, 0.15) is 11.1 Å². The molecule has 2 aromatic carbocycles. The van der Waals surface area contributed by atoms with Crippen LogP contribution in [0.15, 0.2) is 46.2 Å². The molecule has 1 N–H and O–H groups in total. The number of hydrogen-bond donors (Lipinski definition) is 1. The number of benzene rings is 2. The largest absolute Gasteiger partial charge is 0.490 e. The van der Waals surface area contributed by atoms with E-state index in [1.807, 2.05) is 31.4 Å². The molecule has 9 heteroatoms. The molecule has 3 aromatic rings. The Balaban J connectivity index is 2.06. The lowest BCUT2D eigenvalue weighted by molar-refractivity contribution is 0.402. The van der Waals surface area contributed by atoms with E-state index in [1.165, 1.54) is 17.9 Å². The fourth-order valence-corrected chi connectivity index (χ4v) is 3.45. The topological polar surface area (TPSA) is 56.1 Å². The maximum atomic E-state index is 13.6. The van der Waals surface area contributed by atoms with Gasteiger partial charge in [0.25, 0.3) is 0 Å². The zero-order valence-corrected chi connectivity index (χ0v) is 16.7. The third-order valence-electron chi connectivity index (χ3n) is 4.33. The average Bonchev–Trinajstić information content (AvgIpc) is 2.69. The maximum Gasteiger partial charge on any atom is 0.316 e. The fraction of sp³-hybridized carbons (Fsp3) is 0.200. The van der Waals surface area contributed by atoms with Crippen molar-refractivity contribution in [1.82, 2.24) is 9.55 Å². The van der Waals surface area contributed by atoms with Crippen molar-refractivity contribution in [3.63, 3.8) is 0 Å². The van der Waals surface area contributed by atoms with E-state index in [2.05, 4.69) is 10.3 Å². The number of hydrogen-bond acceptors (Lipinski definition) is 5. The van der Waals surface area contributed by atoms with Gasteiger partial charge in [-0.2, -0.15) is 4.98 Å². The highest BCUT2D eigenvalue weighted by atomic mass is 32.2. The molecule has 0 atom stereocenters. The van der Waals surface area contributed by atoms with Crippen molar-refractivity contribution < 1.29 is 17.9 Å². The zero-order chi connectivity index (χ0) is 21.1. The highest BCUT2D eigenvalue weighted by molar-refractivity contribution is 7.98. The van der Waals surface area contributed by atoms with Crippen LogP contribution >= 0.6 is 11.8 Å². The first-order valence-electron chi connectivity index (χ1n) is 8.53. The Kier molecular flexibility index (Phi) is 6.17. The van der Waals surface area contributed by atoms with Crippen molar-refractivity contribution in [2.45, 2.75) is 18.4 Å². The summed E-state index contributed by atoms with van der Waals surface area (Å²) in [6.07, 6.45) is 3.33. The van der Waals surface area contributed by atoms with Gasteiger partial charge in [0.1, 0.15) is 0 Å². The quantitative estimate of drug-likeness (QED) is 0.470. The number of anilines is 2. The molecule has 0 fully saturated rings. The van der Waals surface area contributed by atoms with E-state index < -0.39 is 23.0 Å². The van der Waals surface area contributed by atoms with Crippen LogP contribution in [0.25, 0.3) is 0 Å². The summed E-state index contributed by atoms with van der Waals surface area (Å²) in [6.45, 7) is 1.85. The number of nitrogens with zero attached hydrogens (tertiary/aromatic N) is 2. The van der Waals surface area contributed by atoms with Gasteiger partial charge in [0.15, 0.2) is 17.5 Å². The second-order valence-electron chi connectivity index (χ2n) is 6.20. The highest BCUT2D eigenvalue weighted by Crippen LogP contribution is 2.28. The van der Waals surface area contributed by atoms with E-state index in [1.54, 1.807) is 11.8 Å². The van der Waals surface area contributed by atoms with Crippen LogP contribution < -0.4 is 15.6 Å². The van der Waals surface area contributed by atoms with E-state index in [0.29, 0.717) is 0 Å². The monoisotopic (exact) mass is 421 g/mol. The third kappa shape index (κ3) is 4.40. The zero-order valence-electron chi connectivity index (χ0n) is 15.9. The molecule has 0 aliphatic heterocycles. The van der Waals surface area contributed by atoms with Gasteiger partial charge in [0.2, 0.25) is 11.7 Å². The van der Waals surface area contributed by atoms with Gasteiger partial charge in [-0.1, -0.05) is 6.07 Å². The number of nitrogens with one attached hydrogen (secondary N) is 1. The molecular formula is C20H18F3N3O2S. The van der Waals surface area contributed by atoms with E-state index in [9.17, 15) is 18.0 Å². The lowest BCUT2D eigenvalue weighted by atomic mass is 10.2. The molecule has 0 saturated carbocycles. The summed E-state index contributed by atoms with van der Waals surface area (Å²) in [4.78, 5) is 17.2. The minimum absolute atomic E-state index is 0.0341. The molecule has 3 rings (SSSR count). The molecule has 0 aliphatic carbocycles. The van der Waals surface area contributed by atoms with E-state index in [0.717, 1.165) is 28.3 Å². The van der Waals surface area contributed by atoms with E-state index in [-0.39, 0.29) is 23.8 Å². The average molecular weight is 421 g/mol. The summed E-state index contributed by atoms with van der Waals surface area (Å²) in [6, 6.07) is 7.44. The molecule has 0 aliphatic rings. The Labute approximate surface area is 169 Å². The molecule has 0 radical (unpaired) electrons. The molecule has 0 amide bonds. The molecule has 1 heterocycles. The molecule has 29 heavy (non-hydrogen) atoms. The first-order chi connectivity index (χ1) is 13.8. The third-order valence-corrected chi connectivity index (χ3v) is 5.21. The lowest BCUT2D eigenvalue weighted by Crippen LogP contribution is -2.19.